The van der Waals surface area contributed by atoms with E-state index in [2.05, 4.69) is 154 Å². The van der Waals surface area contributed by atoms with E-state index in [1.54, 1.807) is 0 Å². The number of allylic oxidation sites excluding steroid dienone is 22. The number of unbranched alkanes of at least 4 members (excludes halogenated alkanes) is 24. The van der Waals surface area contributed by atoms with Gasteiger partial charge in [-0.1, -0.05) is 264 Å². The van der Waals surface area contributed by atoms with Gasteiger partial charge in [0.2, 0.25) is 0 Å². The topological polar surface area (TPSA) is 78.9 Å². The summed E-state index contributed by atoms with van der Waals surface area (Å²) in [6.45, 7) is 6.39. The Balaban J connectivity index is 4.50. The fraction of sp³-hybridized carbons (Fsp3) is 0.653. The average Bonchev–Trinajstić information content (AvgIpc) is 3.44. The molecular formula is C72H118O6. The van der Waals surface area contributed by atoms with Gasteiger partial charge < -0.3 is 14.2 Å². The van der Waals surface area contributed by atoms with Gasteiger partial charge in [0.15, 0.2) is 6.10 Å². The Bertz CT molecular complexity index is 1670. The van der Waals surface area contributed by atoms with Gasteiger partial charge in [0.25, 0.3) is 0 Å². The van der Waals surface area contributed by atoms with Crippen molar-refractivity contribution in [1.82, 2.24) is 0 Å². The first-order valence-electron chi connectivity index (χ1n) is 32.2. The monoisotopic (exact) mass is 1080 g/mol. The van der Waals surface area contributed by atoms with E-state index in [1.807, 2.05) is 0 Å². The minimum atomic E-state index is -0.806. The second-order valence-electron chi connectivity index (χ2n) is 20.9. The molecule has 0 saturated heterocycles. The maximum absolute atomic E-state index is 12.9. The third kappa shape index (κ3) is 62.4. The zero-order chi connectivity index (χ0) is 56.4. The number of rotatable bonds is 57. The predicted octanol–water partition coefficient (Wildman–Crippen LogP) is 22.2. The normalized spacial score (nSPS) is 13.0. The molecule has 0 aromatic rings. The fourth-order valence-corrected chi connectivity index (χ4v) is 8.61. The largest absolute Gasteiger partial charge is 0.462 e. The Kier molecular flexibility index (Phi) is 61.4. The molecule has 0 aromatic carbocycles. The lowest BCUT2D eigenvalue weighted by Crippen LogP contribution is -2.30. The quantitative estimate of drug-likeness (QED) is 0.0261. The number of hydrogen-bond acceptors (Lipinski definition) is 6. The van der Waals surface area contributed by atoms with Crippen LogP contribution in [0.2, 0.25) is 0 Å². The van der Waals surface area contributed by atoms with Crippen molar-refractivity contribution in [2.45, 2.75) is 290 Å². The van der Waals surface area contributed by atoms with Crippen molar-refractivity contribution in [2.75, 3.05) is 13.2 Å². The van der Waals surface area contributed by atoms with Crippen LogP contribution in [0.5, 0.6) is 0 Å². The molecule has 1 atom stereocenters. The highest BCUT2D eigenvalue weighted by molar-refractivity contribution is 5.71. The van der Waals surface area contributed by atoms with Crippen LogP contribution >= 0.6 is 0 Å². The summed E-state index contributed by atoms with van der Waals surface area (Å²) in [5.41, 5.74) is 0. The summed E-state index contributed by atoms with van der Waals surface area (Å²) in [4.78, 5) is 38.4. The van der Waals surface area contributed by atoms with E-state index >= 15 is 0 Å². The van der Waals surface area contributed by atoms with Gasteiger partial charge in [-0.05, 0) is 135 Å². The fourth-order valence-electron chi connectivity index (χ4n) is 8.61. The van der Waals surface area contributed by atoms with E-state index in [-0.39, 0.29) is 31.1 Å². The van der Waals surface area contributed by atoms with Crippen molar-refractivity contribution < 1.29 is 28.6 Å². The van der Waals surface area contributed by atoms with E-state index in [9.17, 15) is 14.4 Å². The van der Waals surface area contributed by atoms with E-state index in [4.69, 9.17) is 14.2 Å². The average molecular weight is 1080 g/mol. The molecule has 6 heteroatoms. The molecule has 78 heavy (non-hydrogen) atoms. The van der Waals surface area contributed by atoms with Crippen molar-refractivity contribution in [3.8, 4) is 0 Å². The summed E-state index contributed by atoms with van der Waals surface area (Å²) in [6, 6.07) is 0. The van der Waals surface area contributed by atoms with Gasteiger partial charge in [-0.25, -0.2) is 0 Å². The van der Waals surface area contributed by atoms with E-state index < -0.39 is 6.10 Å². The standard InChI is InChI=1S/C72H118O6/c1-4-7-10-13-16-19-22-25-28-31-34-36-38-41-44-47-50-53-56-59-62-65-71(74)77-68-69(67-76-70(73)64-61-58-55-52-49-46-43-40-33-30-27-24-21-18-15-12-9-6-3)78-72(75)66-63-60-57-54-51-48-45-42-39-37-35-32-29-26-23-20-17-14-11-8-5-2/h7-8,10-11,16-17,19-20,25-26,28-30,33-37,41-42,44-45,69H,4-6,9,12-15,18,21-24,27,31-32,38-40,43,46-68H2,1-3H3/b10-7-,11-8-,19-16-,20-17-,28-25-,29-26-,33-30-,36-34-,37-35-,44-41-,45-42-. The van der Waals surface area contributed by atoms with Crippen LogP contribution in [-0.2, 0) is 28.6 Å². The van der Waals surface area contributed by atoms with Crippen LogP contribution < -0.4 is 0 Å². The molecule has 0 radical (unpaired) electrons. The van der Waals surface area contributed by atoms with E-state index in [0.717, 1.165) is 161 Å². The summed E-state index contributed by atoms with van der Waals surface area (Å²) in [7, 11) is 0. The number of hydrogen-bond donors (Lipinski definition) is 0. The van der Waals surface area contributed by atoms with Crippen molar-refractivity contribution >= 4 is 17.9 Å². The smallest absolute Gasteiger partial charge is 0.306 e. The van der Waals surface area contributed by atoms with Crippen LogP contribution in [0.25, 0.3) is 0 Å². The molecule has 0 aliphatic carbocycles. The second-order valence-corrected chi connectivity index (χ2v) is 20.9. The minimum absolute atomic E-state index is 0.0982. The third-order valence-corrected chi connectivity index (χ3v) is 13.4. The molecule has 0 rings (SSSR count). The Labute approximate surface area is 481 Å². The van der Waals surface area contributed by atoms with Crippen molar-refractivity contribution in [3.05, 3.63) is 134 Å². The molecule has 0 saturated carbocycles. The molecule has 1 unspecified atom stereocenters. The maximum atomic E-state index is 12.9. The van der Waals surface area contributed by atoms with Crippen molar-refractivity contribution in [3.63, 3.8) is 0 Å². The van der Waals surface area contributed by atoms with Crippen LogP contribution in [0, 0.1) is 0 Å². The van der Waals surface area contributed by atoms with Gasteiger partial charge in [-0.15, -0.1) is 0 Å². The van der Waals surface area contributed by atoms with Crippen molar-refractivity contribution in [2.24, 2.45) is 0 Å². The highest BCUT2D eigenvalue weighted by Gasteiger charge is 2.19. The van der Waals surface area contributed by atoms with Gasteiger partial charge in [0.05, 0.1) is 0 Å². The molecule has 0 aliphatic heterocycles. The number of esters is 3. The van der Waals surface area contributed by atoms with Crippen molar-refractivity contribution in [1.29, 1.82) is 0 Å². The van der Waals surface area contributed by atoms with Gasteiger partial charge >= 0.3 is 17.9 Å². The van der Waals surface area contributed by atoms with Crippen LogP contribution in [0.3, 0.4) is 0 Å². The number of carbonyl (C=O) groups excluding carboxylic acids is 3. The summed E-state index contributed by atoms with van der Waals surface area (Å²) < 4.78 is 16.9. The Hall–Kier alpha value is -4.45. The lowest BCUT2D eigenvalue weighted by atomic mass is 10.1. The third-order valence-electron chi connectivity index (χ3n) is 13.4. The minimum Gasteiger partial charge on any atom is -0.462 e. The van der Waals surface area contributed by atoms with Crippen LogP contribution in [-0.4, -0.2) is 37.2 Å². The predicted molar refractivity (Wildman–Crippen MR) is 339 cm³/mol. The summed E-state index contributed by atoms with van der Waals surface area (Å²) in [6.07, 6.45) is 91.6. The second kappa shape index (κ2) is 65.1. The van der Waals surface area contributed by atoms with Crippen LogP contribution in [0.15, 0.2) is 134 Å². The SMILES string of the molecule is CC/C=C\C/C=C\C/C=C\C/C=C\C/C=C\CCCCCCCC(=O)OCC(COC(=O)CCCCCCCCC/C=C\CCCCCCCCC)OC(=O)CCCCCCC/C=C\C/C=C\C/C=C\C/C=C\C/C=C\CC. The highest BCUT2D eigenvalue weighted by atomic mass is 16.6. The Morgan fingerprint density at radius 2 is 0.500 bits per heavy atom. The van der Waals surface area contributed by atoms with E-state index in [0.29, 0.717) is 19.3 Å². The molecule has 0 amide bonds. The number of carbonyl (C=O) groups is 3. The molecule has 0 spiro atoms. The molecule has 0 fully saturated rings. The lowest BCUT2D eigenvalue weighted by Gasteiger charge is -2.18. The van der Waals surface area contributed by atoms with Gasteiger partial charge in [0, 0.05) is 19.3 Å². The summed E-state index contributed by atoms with van der Waals surface area (Å²) in [5, 5.41) is 0. The first-order chi connectivity index (χ1) is 38.5. The molecule has 6 nitrogen and oxygen atoms in total. The summed E-state index contributed by atoms with van der Waals surface area (Å²) in [5.74, 6) is -0.937. The zero-order valence-electron chi connectivity index (χ0n) is 50.6. The highest BCUT2D eigenvalue weighted by Crippen LogP contribution is 2.15. The molecular weight excluding hydrogens is 961 g/mol. The molecule has 0 N–H and O–H groups in total. The molecule has 0 aliphatic rings. The first kappa shape index (κ1) is 73.5. The van der Waals surface area contributed by atoms with Gasteiger partial charge in [-0.3, -0.25) is 14.4 Å². The summed E-state index contributed by atoms with van der Waals surface area (Å²) >= 11 is 0. The molecule has 0 heterocycles. The Morgan fingerprint density at radius 3 is 0.795 bits per heavy atom. The molecule has 442 valence electrons. The molecule has 0 bridgehead atoms. The van der Waals surface area contributed by atoms with Crippen LogP contribution in [0.1, 0.15) is 284 Å². The Morgan fingerprint density at radius 1 is 0.269 bits per heavy atom. The van der Waals surface area contributed by atoms with E-state index in [1.165, 1.54) is 83.5 Å². The number of ether oxygens (including phenoxy) is 3. The zero-order valence-corrected chi connectivity index (χ0v) is 50.6. The maximum Gasteiger partial charge on any atom is 0.306 e. The lowest BCUT2D eigenvalue weighted by molar-refractivity contribution is -0.167. The van der Waals surface area contributed by atoms with Crippen LogP contribution in [0.4, 0.5) is 0 Å². The molecule has 0 aromatic heterocycles. The van der Waals surface area contributed by atoms with Gasteiger partial charge in [-0.2, -0.15) is 0 Å². The van der Waals surface area contributed by atoms with Gasteiger partial charge in [0.1, 0.15) is 13.2 Å². The first-order valence-corrected chi connectivity index (χ1v) is 32.2.